The van der Waals surface area contributed by atoms with Gasteiger partial charge in [0.2, 0.25) is 0 Å². The van der Waals surface area contributed by atoms with Crippen molar-refractivity contribution in [2.75, 3.05) is 12.3 Å². The maximum atomic E-state index is 10.1. The van der Waals surface area contributed by atoms with Crippen molar-refractivity contribution in [2.24, 2.45) is 0 Å². The van der Waals surface area contributed by atoms with Crippen LogP contribution in [0.2, 0.25) is 0 Å². The SMILES string of the molecule is CCP(CC=C=O)c1ccccc1. The monoisotopic (exact) mass is 192 g/mol. The average molecular weight is 192 g/mol. The first kappa shape index (κ1) is 10.2. The van der Waals surface area contributed by atoms with Crippen molar-refractivity contribution in [1.82, 2.24) is 0 Å². The first-order valence-electron chi connectivity index (χ1n) is 4.37. The molecule has 0 aliphatic heterocycles. The summed E-state index contributed by atoms with van der Waals surface area (Å²) in [6, 6.07) is 10.4. The van der Waals surface area contributed by atoms with E-state index >= 15 is 0 Å². The zero-order valence-corrected chi connectivity index (χ0v) is 8.63. The van der Waals surface area contributed by atoms with Gasteiger partial charge in [0.25, 0.3) is 0 Å². The lowest BCUT2D eigenvalue weighted by Crippen LogP contribution is -2.03. The number of allylic oxidation sites excluding steroid dienone is 1. The molecule has 0 amide bonds. The van der Waals surface area contributed by atoms with E-state index in [-0.39, 0.29) is 7.92 Å². The van der Waals surface area contributed by atoms with E-state index in [2.05, 4.69) is 19.1 Å². The number of rotatable bonds is 4. The minimum absolute atomic E-state index is 0.177. The second-order valence-electron chi connectivity index (χ2n) is 2.70. The summed E-state index contributed by atoms with van der Waals surface area (Å²) in [6.07, 6.45) is 3.58. The van der Waals surface area contributed by atoms with Crippen LogP contribution in [0.25, 0.3) is 0 Å². The number of hydrogen-bond acceptors (Lipinski definition) is 1. The molecule has 0 N–H and O–H groups in total. The fourth-order valence-corrected chi connectivity index (χ4v) is 2.93. The third-order valence-corrected chi connectivity index (χ3v) is 4.31. The van der Waals surface area contributed by atoms with E-state index in [0.29, 0.717) is 0 Å². The lowest BCUT2D eigenvalue weighted by atomic mass is 10.4. The Morgan fingerprint density at radius 2 is 2.08 bits per heavy atom. The van der Waals surface area contributed by atoms with Gasteiger partial charge in [0.05, 0.1) is 0 Å². The van der Waals surface area contributed by atoms with Gasteiger partial charge in [-0.3, -0.25) is 0 Å². The Morgan fingerprint density at radius 1 is 1.38 bits per heavy atom. The highest BCUT2D eigenvalue weighted by Gasteiger charge is 2.05. The average Bonchev–Trinajstić information content (AvgIpc) is 2.21. The molecule has 1 aromatic rings. The molecule has 1 unspecified atom stereocenters. The van der Waals surface area contributed by atoms with Crippen LogP contribution in [0.5, 0.6) is 0 Å². The topological polar surface area (TPSA) is 17.1 Å². The highest BCUT2D eigenvalue weighted by molar-refractivity contribution is 7.65. The molecular weight excluding hydrogens is 179 g/mol. The summed E-state index contributed by atoms with van der Waals surface area (Å²) in [5, 5.41) is 1.37. The molecular formula is C11H13OP. The smallest absolute Gasteiger partial charge is 0.120 e. The Bertz CT molecular complexity index is 288. The van der Waals surface area contributed by atoms with Crippen molar-refractivity contribution in [3.8, 4) is 0 Å². The summed E-state index contributed by atoms with van der Waals surface area (Å²) in [6.45, 7) is 2.16. The third-order valence-electron chi connectivity index (χ3n) is 1.90. The van der Waals surface area contributed by atoms with E-state index in [1.807, 2.05) is 24.1 Å². The van der Waals surface area contributed by atoms with Crippen LogP contribution < -0.4 is 5.30 Å². The molecule has 0 spiro atoms. The van der Waals surface area contributed by atoms with Gasteiger partial charge in [0.1, 0.15) is 5.94 Å². The van der Waals surface area contributed by atoms with Crippen molar-refractivity contribution >= 4 is 19.2 Å². The van der Waals surface area contributed by atoms with Crippen LogP contribution in [-0.2, 0) is 4.79 Å². The molecule has 0 aliphatic rings. The van der Waals surface area contributed by atoms with Gasteiger partial charge in [-0.05, 0) is 11.5 Å². The molecule has 0 aromatic heterocycles. The number of hydrogen-bond donors (Lipinski definition) is 0. The first-order chi connectivity index (χ1) is 6.38. The van der Waals surface area contributed by atoms with E-state index in [1.54, 1.807) is 6.08 Å². The van der Waals surface area contributed by atoms with Gasteiger partial charge in [-0.1, -0.05) is 45.2 Å². The molecule has 0 aliphatic carbocycles. The minimum Gasteiger partial charge on any atom is -0.234 e. The Balaban J connectivity index is 2.72. The highest BCUT2D eigenvalue weighted by atomic mass is 31.1. The van der Waals surface area contributed by atoms with Gasteiger partial charge in [0.15, 0.2) is 0 Å². The van der Waals surface area contributed by atoms with Crippen molar-refractivity contribution < 1.29 is 4.79 Å². The molecule has 1 rings (SSSR count). The molecule has 0 heterocycles. The van der Waals surface area contributed by atoms with Crippen LogP contribution in [0, 0.1) is 0 Å². The molecule has 2 heteroatoms. The van der Waals surface area contributed by atoms with E-state index in [0.717, 1.165) is 12.3 Å². The minimum atomic E-state index is -0.177. The summed E-state index contributed by atoms with van der Waals surface area (Å²) >= 11 is 0. The van der Waals surface area contributed by atoms with Gasteiger partial charge in [-0.2, -0.15) is 0 Å². The lowest BCUT2D eigenvalue weighted by molar-refractivity contribution is 0.568. The lowest BCUT2D eigenvalue weighted by Gasteiger charge is -2.12. The highest BCUT2D eigenvalue weighted by Crippen LogP contribution is 2.32. The zero-order chi connectivity index (χ0) is 9.52. The molecule has 0 bridgehead atoms. The van der Waals surface area contributed by atoms with Crippen LogP contribution in [0.15, 0.2) is 36.4 Å². The predicted molar refractivity (Wildman–Crippen MR) is 58.7 cm³/mol. The molecule has 0 radical (unpaired) electrons. The van der Waals surface area contributed by atoms with Gasteiger partial charge in [0, 0.05) is 12.2 Å². The van der Waals surface area contributed by atoms with Crippen molar-refractivity contribution in [3.63, 3.8) is 0 Å². The largest absolute Gasteiger partial charge is 0.234 e. The molecule has 0 fully saturated rings. The molecule has 0 saturated carbocycles. The van der Waals surface area contributed by atoms with E-state index in [9.17, 15) is 4.79 Å². The Labute approximate surface area is 80.2 Å². The zero-order valence-electron chi connectivity index (χ0n) is 7.73. The van der Waals surface area contributed by atoms with Crippen LogP contribution in [0.3, 0.4) is 0 Å². The van der Waals surface area contributed by atoms with E-state index in [1.165, 1.54) is 5.30 Å². The van der Waals surface area contributed by atoms with Gasteiger partial charge >= 0.3 is 0 Å². The van der Waals surface area contributed by atoms with Crippen LogP contribution in [0.4, 0.5) is 0 Å². The van der Waals surface area contributed by atoms with Crippen molar-refractivity contribution in [1.29, 1.82) is 0 Å². The summed E-state index contributed by atoms with van der Waals surface area (Å²) in [4.78, 5) is 10.1. The van der Waals surface area contributed by atoms with E-state index < -0.39 is 0 Å². The molecule has 1 atom stereocenters. The Kier molecular flexibility index (Phi) is 4.46. The fourth-order valence-electron chi connectivity index (χ4n) is 1.20. The normalized spacial score (nSPS) is 11.8. The van der Waals surface area contributed by atoms with Gasteiger partial charge in [-0.25, -0.2) is 4.79 Å². The quantitative estimate of drug-likeness (QED) is 0.528. The summed E-state index contributed by atoms with van der Waals surface area (Å²) in [5.41, 5.74) is 0. The fraction of sp³-hybridized carbons (Fsp3) is 0.273. The van der Waals surface area contributed by atoms with Crippen molar-refractivity contribution in [3.05, 3.63) is 36.4 Å². The van der Waals surface area contributed by atoms with Crippen LogP contribution in [-0.4, -0.2) is 18.3 Å². The Hall–Kier alpha value is -0.900. The summed E-state index contributed by atoms with van der Waals surface area (Å²) in [5.74, 6) is 1.84. The molecule has 13 heavy (non-hydrogen) atoms. The van der Waals surface area contributed by atoms with Crippen LogP contribution in [0.1, 0.15) is 6.92 Å². The van der Waals surface area contributed by atoms with Crippen LogP contribution >= 0.6 is 7.92 Å². The molecule has 1 nitrogen and oxygen atoms in total. The van der Waals surface area contributed by atoms with Crippen molar-refractivity contribution in [2.45, 2.75) is 6.92 Å². The maximum Gasteiger partial charge on any atom is 0.120 e. The third kappa shape index (κ3) is 3.14. The standard InChI is InChI=1S/C11H13OP/c1-2-13(10-6-9-12)11-7-4-3-5-8-11/h3-8H,2,10H2,1H3. The van der Waals surface area contributed by atoms with Gasteiger partial charge < -0.3 is 0 Å². The Morgan fingerprint density at radius 3 is 2.62 bits per heavy atom. The maximum absolute atomic E-state index is 10.1. The number of carbonyl (C=O) groups excluding carboxylic acids is 1. The summed E-state index contributed by atoms with van der Waals surface area (Å²) in [7, 11) is -0.177. The molecule has 1 aromatic carbocycles. The van der Waals surface area contributed by atoms with Gasteiger partial charge in [-0.15, -0.1) is 0 Å². The predicted octanol–water partition coefficient (Wildman–Crippen LogP) is 2.20. The summed E-state index contributed by atoms with van der Waals surface area (Å²) < 4.78 is 0. The molecule has 68 valence electrons. The second-order valence-corrected chi connectivity index (χ2v) is 5.29. The molecule has 0 saturated heterocycles. The van der Waals surface area contributed by atoms with E-state index in [4.69, 9.17) is 0 Å². The second kappa shape index (κ2) is 5.70. The number of benzene rings is 1. The first-order valence-corrected chi connectivity index (χ1v) is 6.09.